The number of benzene rings is 10. The van der Waals surface area contributed by atoms with E-state index in [1.54, 1.807) is 0 Å². The second kappa shape index (κ2) is 13.9. The van der Waals surface area contributed by atoms with Crippen LogP contribution in [0.25, 0.3) is 110 Å². The smallest absolute Gasteiger partial charge is 0.0541 e. The van der Waals surface area contributed by atoms with Crippen molar-refractivity contribution in [2.75, 3.05) is 0 Å². The average Bonchev–Trinajstić information content (AvgIpc) is 3.84. The van der Waals surface area contributed by atoms with Gasteiger partial charge in [0.25, 0.3) is 0 Å². The molecule has 0 atom stereocenters. The zero-order valence-electron chi connectivity index (χ0n) is 32.8. The molecule has 0 aliphatic carbocycles. The Hall–Kier alpha value is -7.94. The van der Waals surface area contributed by atoms with Crippen molar-refractivity contribution in [1.82, 2.24) is 9.13 Å². The van der Waals surface area contributed by atoms with Gasteiger partial charge < -0.3 is 9.13 Å². The van der Waals surface area contributed by atoms with Crippen molar-refractivity contribution >= 4 is 54.4 Å². The van der Waals surface area contributed by atoms with Crippen LogP contribution < -0.4 is 0 Å². The molecule has 0 aliphatic rings. The summed E-state index contributed by atoms with van der Waals surface area (Å²) in [6.45, 7) is 0. The van der Waals surface area contributed by atoms with Gasteiger partial charge in [0, 0.05) is 32.9 Å². The van der Waals surface area contributed by atoms with Crippen molar-refractivity contribution in [2.24, 2.45) is 0 Å². The van der Waals surface area contributed by atoms with Crippen molar-refractivity contribution in [1.29, 1.82) is 0 Å². The maximum absolute atomic E-state index is 2.42. The van der Waals surface area contributed by atoms with Crippen LogP contribution in [0.4, 0.5) is 0 Å². The molecule has 0 amide bonds. The standard InChI is InChI=1S/C58H38N2/c1-3-15-39(16-4-1)42-21-11-23-46(35-42)59-54-29-9-7-25-50(54)52-37-44(31-33-56(52)59)48-27-13-19-41-20-14-28-49(58(41)48)45-32-34-57-53(38-45)51-26-8-10-30-55(51)60(57)47-24-12-22-43(36-47)40-17-5-2-6-18-40/h1-38H. The van der Waals surface area contributed by atoms with Gasteiger partial charge in [0.1, 0.15) is 0 Å². The number of para-hydroxylation sites is 2. The highest BCUT2D eigenvalue weighted by Crippen LogP contribution is 2.42. The largest absolute Gasteiger partial charge is 0.309 e. The molecule has 2 aromatic heterocycles. The number of aromatic nitrogens is 2. The maximum Gasteiger partial charge on any atom is 0.0541 e. The Bertz CT molecular complexity index is 3350. The maximum atomic E-state index is 2.42. The minimum atomic E-state index is 1.16. The molecule has 12 aromatic rings. The van der Waals surface area contributed by atoms with E-state index in [0.717, 1.165) is 11.4 Å². The Kier molecular flexibility index (Phi) is 7.89. The predicted octanol–water partition coefficient (Wildman–Crippen LogP) is 15.7. The molecule has 0 spiro atoms. The van der Waals surface area contributed by atoms with E-state index in [2.05, 4.69) is 240 Å². The molecule has 60 heavy (non-hydrogen) atoms. The molecular weight excluding hydrogens is 725 g/mol. The van der Waals surface area contributed by atoms with Crippen LogP contribution in [0, 0.1) is 0 Å². The van der Waals surface area contributed by atoms with Crippen molar-refractivity contribution in [3.63, 3.8) is 0 Å². The first kappa shape index (κ1) is 34.1. The van der Waals surface area contributed by atoms with Crippen LogP contribution in [0.2, 0.25) is 0 Å². The molecule has 0 saturated heterocycles. The first-order valence-corrected chi connectivity index (χ1v) is 20.7. The van der Waals surface area contributed by atoms with Crippen LogP contribution in [0.3, 0.4) is 0 Å². The van der Waals surface area contributed by atoms with Gasteiger partial charge in [0.05, 0.1) is 22.1 Å². The third kappa shape index (κ3) is 5.50. The predicted molar refractivity (Wildman–Crippen MR) is 254 cm³/mol. The van der Waals surface area contributed by atoms with E-state index in [1.165, 1.54) is 98.9 Å². The molecule has 0 aliphatic heterocycles. The molecule has 10 aromatic carbocycles. The number of hydrogen-bond donors (Lipinski definition) is 0. The first-order chi connectivity index (χ1) is 29.8. The molecule has 0 fully saturated rings. The quantitative estimate of drug-likeness (QED) is 0.160. The Labute approximate surface area is 348 Å². The average molecular weight is 763 g/mol. The summed E-state index contributed by atoms with van der Waals surface area (Å²) in [7, 11) is 0. The summed E-state index contributed by atoms with van der Waals surface area (Å²) in [5, 5.41) is 7.47. The summed E-state index contributed by atoms with van der Waals surface area (Å²) < 4.78 is 4.83. The second-order valence-corrected chi connectivity index (χ2v) is 15.7. The van der Waals surface area contributed by atoms with Gasteiger partial charge in [-0.1, -0.05) is 170 Å². The van der Waals surface area contributed by atoms with Crippen molar-refractivity contribution in [3.8, 4) is 55.9 Å². The Morgan fingerprint density at radius 3 is 1.12 bits per heavy atom. The SMILES string of the molecule is c1ccc(-c2cccc(-n3c4ccccc4c4cc(-c5cccc6cccc(-c7ccc8c(c7)c7ccccc7n8-c7cccc(-c8ccccc8)c7)c56)ccc43)c2)cc1. The summed E-state index contributed by atoms with van der Waals surface area (Å²) in [5.74, 6) is 0. The van der Waals surface area contributed by atoms with Gasteiger partial charge in [0.15, 0.2) is 0 Å². The van der Waals surface area contributed by atoms with Gasteiger partial charge in [-0.05, 0) is 116 Å². The fourth-order valence-electron chi connectivity index (χ4n) is 9.57. The Morgan fingerprint density at radius 1 is 0.233 bits per heavy atom. The van der Waals surface area contributed by atoms with E-state index in [9.17, 15) is 0 Å². The molecule has 12 rings (SSSR count). The van der Waals surface area contributed by atoms with Crippen LogP contribution in [0.1, 0.15) is 0 Å². The van der Waals surface area contributed by atoms with E-state index in [4.69, 9.17) is 0 Å². The van der Waals surface area contributed by atoms with Crippen molar-refractivity contribution in [3.05, 3.63) is 231 Å². The third-order valence-electron chi connectivity index (χ3n) is 12.3. The molecule has 0 N–H and O–H groups in total. The molecule has 2 heterocycles. The van der Waals surface area contributed by atoms with E-state index in [1.807, 2.05) is 0 Å². The summed E-state index contributed by atoms with van der Waals surface area (Å²) >= 11 is 0. The molecular formula is C58H38N2. The van der Waals surface area contributed by atoms with Gasteiger partial charge in [-0.3, -0.25) is 0 Å². The van der Waals surface area contributed by atoms with Crippen molar-refractivity contribution in [2.45, 2.75) is 0 Å². The number of nitrogens with zero attached hydrogens (tertiary/aromatic N) is 2. The summed E-state index contributed by atoms with van der Waals surface area (Å²) in [5.41, 5.74) is 16.8. The van der Waals surface area contributed by atoms with Gasteiger partial charge in [0.2, 0.25) is 0 Å². The lowest BCUT2D eigenvalue weighted by Gasteiger charge is -2.14. The molecule has 0 bridgehead atoms. The van der Waals surface area contributed by atoms with E-state index < -0.39 is 0 Å². The summed E-state index contributed by atoms with van der Waals surface area (Å²) in [4.78, 5) is 0. The summed E-state index contributed by atoms with van der Waals surface area (Å²) in [6.07, 6.45) is 0. The van der Waals surface area contributed by atoms with E-state index in [0.29, 0.717) is 0 Å². The molecule has 0 unspecified atom stereocenters. The fourth-order valence-corrected chi connectivity index (χ4v) is 9.57. The van der Waals surface area contributed by atoms with Gasteiger partial charge >= 0.3 is 0 Å². The van der Waals surface area contributed by atoms with Crippen LogP contribution >= 0.6 is 0 Å². The monoisotopic (exact) mass is 762 g/mol. The lowest BCUT2D eigenvalue weighted by Crippen LogP contribution is -1.94. The zero-order valence-corrected chi connectivity index (χ0v) is 32.8. The highest BCUT2D eigenvalue weighted by atomic mass is 15.0. The molecule has 280 valence electrons. The number of fused-ring (bicyclic) bond motifs is 7. The number of hydrogen-bond acceptors (Lipinski definition) is 0. The van der Waals surface area contributed by atoms with Crippen molar-refractivity contribution < 1.29 is 0 Å². The van der Waals surface area contributed by atoms with Gasteiger partial charge in [-0.2, -0.15) is 0 Å². The topological polar surface area (TPSA) is 9.86 Å². The first-order valence-electron chi connectivity index (χ1n) is 20.7. The normalized spacial score (nSPS) is 11.7. The van der Waals surface area contributed by atoms with Gasteiger partial charge in [-0.15, -0.1) is 0 Å². The van der Waals surface area contributed by atoms with E-state index in [-0.39, 0.29) is 0 Å². The highest BCUT2D eigenvalue weighted by molar-refractivity contribution is 6.15. The molecule has 0 saturated carbocycles. The highest BCUT2D eigenvalue weighted by Gasteiger charge is 2.18. The molecule has 2 nitrogen and oxygen atoms in total. The lowest BCUT2D eigenvalue weighted by molar-refractivity contribution is 1.18. The Balaban J connectivity index is 1.01. The Morgan fingerprint density at radius 2 is 0.633 bits per heavy atom. The fraction of sp³-hybridized carbons (Fsp3) is 0. The number of rotatable bonds is 6. The van der Waals surface area contributed by atoms with Crippen LogP contribution in [0.15, 0.2) is 231 Å². The van der Waals surface area contributed by atoms with Gasteiger partial charge in [-0.25, -0.2) is 0 Å². The molecule has 2 heteroatoms. The zero-order chi connectivity index (χ0) is 39.6. The third-order valence-corrected chi connectivity index (χ3v) is 12.3. The van der Waals surface area contributed by atoms with Crippen LogP contribution in [-0.4, -0.2) is 9.13 Å². The van der Waals surface area contributed by atoms with Crippen LogP contribution in [-0.2, 0) is 0 Å². The minimum Gasteiger partial charge on any atom is -0.309 e. The van der Waals surface area contributed by atoms with Crippen LogP contribution in [0.5, 0.6) is 0 Å². The molecule has 0 radical (unpaired) electrons. The minimum absolute atomic E-state index is 1.16. The lowest BCUT2D eigenvalue weighted by atomic mass is 9.90. The second-order valence-electron chi connectivity index (χ2n) is 15.7. The summed E-state index contributed by atoms with van der Waals surface area (Å²) in [6, 6.07) is 84.2. The van der Waals surface area contributed by atoms with E-state index >= 15 is 0 Å².